The molecular formula is C21H25NO4. The van der Waals surface area contributed by atoms with Gasteiger partial charge in [0.05, 0.1) is 7.11 Å². The quantitative estimate of drug-likeness (QED) is 0.624. The predicted molar refractivity (Wildman–Crippen MR) is 98.9 cm³/mol. The maximum Gasteiger partial charge on any atom is 0.336 e. The van der Waals surface area contributed by atoms with Crippen LogP contribution in [0, 0.1) is 12.8 Å². The molecule has 4 rings (SSSR count). The van der Waals surface area contributed by atoms with Crippen LogP contribution in [0.15, 0.2) is 33.5 Å². The van der Waals surface area contributed by atoms with Crippen molar-refractivity contribution in [2.24, 2.45) is 5.92 Å². The second-order valence-electron chi connectivity index (χ2n) is 7.65. The number of carbonyl (C=O) groups is 1. The molecule has 1 aromatic carbocycles. The molecule has 1 aliphatic carbocycles. The smallest absolute Gasteiger partial charge is 0.336 e. The summed E-state index contributed by atoms with van der Waals surface area (Å²) < 4.78 is 10.5. The first-order valence-electron chi connectivity index (χ1n) is 9.44. The van der Waals surface area contributed by atoms with Crippen LogP contribution >= 0.6 is 0 Å². The summed E-state index contributed by atoms with van der Waals surface area (Å²) in [5.41, 5.74) is 2.25. The molecule has 0 amide bonds. The van der Waals surface area contributed by atoms with Crippen molar-refractivity contribution in [3.05, 3.63) is 45.8 Å². The molecule has 5 heteroatoms. The third-order valence-electron chi connectivity index (χ3n) is 6.03. The van der Waals surface area contributed by atoms with Gasteiger partial charge in [0.15, 0.2) is 0 Å². The number of hydrogen-bond donors (Lipinski definition) is 0. The van der Waals surface area contributed by atoms with Crippen LogP contribution in [0.5, 0.6) is 0 Å². The Labute approximate surface area is 152 Å². The minimum absolute atomic E-state index is 0.164. The second kappa shape index (κ2) is 6.88. The van der Waals surface area contributed by atoms with Crippen LogP contribution < -0.4 is 5.63 Å². The topological polar surface area (TPSA) is 59.8 Å². The molecule has 2 aromatic rings. The molecule has 0 spiro atoms. The lowest BCUT2D eigenvalue weighted by Gasteiger charge is -2.33. The average molecular weight is 355 g/mol. The molecule has 1 saturated carbocycles. The summed E-state index contributed by atoms with van der Waals surface area (Å²) in [6.07, 6.45) is 5.57. The SMILES string of the molecule is COC(=O)[C@H]1C[C@@H]2CCCC[C@@H]2N1Cc1cc(=O)oc2cc(C)ccc12. The molecule has 0 N–H and O–H groups in total. The Morgan fingerprint density at radius 2 is 2.08 bits per heavy atom. The number of hydrogen-bond acceptors (Lipinski definition) is 5. The Bertz CT molecular complexity index is 887. The molecule has 0 radical (unpaired) electrons. The van der Waals surface area contributed by atoms with Crippen LogP contribution in [0.4, 0.5) is 0 Å². The van der Waals surface area contributed by atoms with Crippen molar-refractivity contribution in [3.8, 4) is 0 Å². The maximum atomic E-state index is 12.4. The van der Waals surface area contributed by atoms with E-state index in [1.165, 1.54) is 26.4 Å². The van der Waals surface area contributed by atoms with Crippen LogP contribution in [0.2, 0.25) is 0 Å². The van der Waals surface area contributed by atoms with Gasteiger partial charge in [-0.2, -0.15) is 0 Å². The zero-order chi connectivity index (χ0) is 18.3. The van der Waals surface area contributed by atoms with Crippen molar-refractivity contribution in [3.63, 3.8) is 0 Å². The van der Waals surface area contributed by atoms with Crippen molar-refractivity contribution >= 4 is 16.9 Å². The van der Waals surface area contributed by atoms with Crippen molar-refractivity contribution in [1.29, 1.82) is 0 Å². The molecule has 2 heterocycles. The number of ether oxygens (including phenoxy) is 1. The van der Waals surface area contributed by atoms with Gasteiger partial charge in [-0.15, -0.1) is 0 Å². The van der Waals surface area contributed by atoms with Gasteiger partial charge >= 0.3 is 11.6 Å². The van der Waals surface area contributed by atoms with Gasteiger partial charge in [-0.05, 0) is 49.3 Å². The normalized spacial score (nSPS) is 26.0. The number of likely N-dealkylation sites (tertiary alicyclic amines) is 1. The number of benzene rings is 1. The summed E-state index contributed by atoms with van der Waals surface area (Å²) in [4.78, 5) is 26.7. The van der Waals surface area contributed by atoms with Gasteiger partial charge in [-0.1, -0.05) is 25.0 Å². The molecule has 26 heavy (non-hydrogen) atoms. The number of carbonyl (C=O) groups excluding carboxylic acids is 1. The summed E-state index contributed by atoms with van der Waals surface area (Å²) in [6, 6.07) is 7.66. The van der Waals surface area contributed by atoms with E-state index in [0.717, 1.165) is 29.4 Å². The highest BCUT2D eigenvalue weighted by atomic mass is 16.5. The first-order valence-corrected chi connectivity index (χ1v) is 9.44. The van der Waals surface area contributed by atoms with E-state index in [9.17, 15) is 9.59 Å². The van der Waals surface area contributed by atoms with E-state index in [1.807, 2.05) is 25.1 Å². The predicted octanol–water partition coefficient (Wildman–Crippen LogP) is 3.41. The molecule has 1 saturated heterocycles. The fraction of sp³-hybridized carbons (Fsp3) is 0.524. The van der Waals surface area contributed by atoms with Crippen molar-refractivity contribution in [2.75, 3.05) is 7.11 Å². The number of esters is 1. The van der Waals surface area contributed by atoms with Crippen LogP contribution in [0.1, 0.15) is 43.2 Å². The van der Waals surface area contributed by atoms with Crippen molar-refractivity contribution < 1.29 is 13.9 Å². The number of fused-ring (bicyclic) bond motifs is 2. The van der Waals surface area contributed by atoms with Gasteiger partial charge in [0.25, 0.3) is 0 Å². The van der Waals surface area contributed by atoms with Gasteiger partial charge in [-0.25, -0.2) is 4.79 Å². The summed E-state index contributed by atoms with van der Waals surface area (Å²) in [7, 11) is 1.46. The largest absolute Gasteiger partial charge is 0.468 e. The molecule has 2 fully saturated rings. The second-order valence-corrected chi connectivity index (χ2v) is 7.65. The average Bonchev–Trinajstić information content (AvgIpc) is 2.99. The number of nitrogens with zero attached hydrogens (tertiary/aromatic N) is 1. The molecule has 2 aliphatic rings. The molecule has 1 aromatic heterocycles. The zero-order valence-corrected chi connectivity index (χ0v) is 15.4. The van der Waals surface area contributed by atoms with E-state index < -0.39 is 0 Å². The van der Waals surface area contributed by atoms with Crippen LogP contribution in [0.3, 0.4) is 0 Å². The fourth-order valence-electron chi connectivity index (χ4n) is 4.81. The number of aryl methyl sites for hydroxylation is 1. The molecule has 0 unspecified atom stereocenters. The Balaban J connectivity index is 1.73. The van der Waals surface area contributed by atoms with Gasteiger partial charge in [-0.3, -0.25) is 9.69 Å². The summed E-state index contributed by atoms with van der Waals surface area (Å²) >= 11 is 0. The van der Waals surface area contributed by atoms with E-state index in [1.54, 1.807) is 6.07 Å². The van der Waals surface area contributed by atoms with Gasteiger partial charge in [0.1, 0.15) is 11.6 Å². The Morgan fingerprint density at radius 3 is 2.88 bits per heavy atom. The monoisotopic (exact) mass is 355 g/mol. The third kappa shape index (κ3) is 3.05. The first kappa shape index (κ1) is 17.3. The highest BCUT2D eigenvalue weighted by Crippen LogP contribution is 2.41. The van der Waals surface area contributed by atoms with E-state index in [4.69, 9.17) is 9.15 Å². The fourth-order valence-corrected chi connectivity index (χ4v) is 4.81. The molecular weight excluding hydrogens is 330 g/mol. The highest BCUT2D eigenvalue weighted by Gasteiger charge is 2.45. The van der Waals surface area contributed by atoms with Crippen LogP contribution in [-0.4, -0.2) is 30.1 Å². The van der Waals surface area contributed by atoms with E-state index in [2.05, 4.69) is 4.90 Å². The highest BCUT2D eigenvalue weighted by molar-refractivity contribution is 5.81. The molecule has 0 bridgehead atoms. The van der Waals surface area contributed by atoms with E-state index in [0.29, 0.717) is 24.1 Å². The summed E-state index contributed by atoms with van der Waals surface area (Å²) in [6.45, 7) is 2.55. The lowest BCUT2D eigenvalue weighted by atomic mass is 9.84. The number of methoxy groups -OCH3 is 1. The molecule has 138 valence electrons. The van der Waals surface area contributed by atoms with Gasteiger partial charge in [0.2, 0.25) is 0 Å². The molecule has 5 nitrogen and oxygen atoms in total. The van der Waals surface area contributed by atoms with Gasteiger partial charge in [0, 0.05) is 24.0 Å². The Kier molecular flexibility index (Phi) is 4.57. The third-order valence-corrected chi connectivity index (χ3v) is 6.03. The Morgan fingerprint density at radius 1 is 1.27 bits per heavy atom. The maximum absolute atomic E-state index is 12.4. The lowest BCUT2D eigenvalue weighted by Crippen LogP contribution is -2.42. The van der Waals surface area contributed by atoms with E-state index >= 15 is 0 Å². The van der Waals surface area contributed by atoms with Crippen LogP contribution in [0.25, 0.3) is 11.0 Å². The molecule has 1 aliphatic heterocycles. The summed E-state index contributed by atoms with van der Waals surface area (Å²) in [5, 5.41) is 0.943. The van der Waals surface area contributed by atoms with Crippen LogP contribution in [-0.2, 0) is 16.1 Å². The Hall–Kier alpha value is -2.14. The first-order chi connectivity index (χ1) is 12.6. The standard InChI is InChI=1S/C21H25NO4/c1-13-7-8-16-15(11-20(23)26-19(16)9-13)12-22-17-6-4-3-5-14(17)10-18(22)21(24)25-2/h7-9,11,14,17-18H,3-6,10,12H2,1-2H3/t14-,17-,18+/m0/s1. The van der Waals surface area contributed by atoms with Gasteiger partial charge < -0.3 is 9.15 Å². The molecule has 3 atom stereocenters. The van der Waals surface area contributed by atoms with E-state index in [-0.39, 0.29) is 17.6 Å². The minimum atomic E-state index is -0.341. The van der Waals surface area contributed by atoms with Crippen molar-refractivity contribution in [2.45, 2.75) is 57.7 Å². The zero-order valence-electron chi connectivity index (χ0n) is 15.4. The van der Waals surface area contributed by atoms with Crippen molar-refractivity contribution in [1.82, 2.24) is 4.90 Å². The summed E-state index contributed by atoms with van der Waals surface area (Å²) in [5.74, 6) is 0.379. The lowest BCUT2D eigenvalue weighted by molar-refractivity contribution is -0.146. The minimum Gasteiger partial charge on any atom is -0.468 e. The number of rotatable bonds is 3.